The molecule has 3 nitrogen and oxygen atoms in total. The van der Waals surface area contributed by atoms with Crippen molar-refractivity contribution in [1.82, 2.24) is 14.5 Å². The largest absolute Gasteiger partial charge is 0.309 e. The van der Waals surface area contributed by atoms with Crippen LogP contribution in [0.5, 0.6) is 0 Å². The second-order valence-corrected chi connectivity index (χ2v) is 13.2. The van der Waals surface area contributed by atoms with Gasteiger partial charge in [-0.2, -0.15) is 0 Å². The van der Waals surface area contributed by atoms with Crippen molar-refractivity contribution >= 4 is 64.1 Å². The van der Waals surface area contributed by atoms with Gasteiger partial charge in [-0.25, -0.2) is 9.97 Å². The number of rotatable bonds is 4. The van der Waals surface area contributed by atoms with Crippen LogP contribution in [0.2, 0.25) is 0 Å². The molecule has 3 aromatic heterocycles. The molecule has 0 aliphatic rings. The van der Waals surface area contributed by atoms with Crippen LogP contribution in [0.4, 0.5) is 0 Å². The zero-order valence-electron chi connectivity index (χ0n) is 25.8. The first-order chi connectivity index (χ1) is 23.8. The molecule has 48 heavy (non-hydrogen) atoms. The molecule has 10 aromatic rings. The third kappa shape index (κ3) is 4.13. The third-order valence-electron chi connectivity index (χ3n) is 9.40. The monoisotopic (exact) mass is 629 g/mol. The predicted molar refractivity (Wildman–Crippen MR) is 203 cm³/mol. The Morgan fingerprint density at radius 2 is 1.00 bits per heavy atom. The molecule has 0 radical (unpaired) electrons. The Morgan fingerprint density at radius 1 is 0.438 bits per heavy atom. The van der Waals surface area contributed by atoms with Crippen molar-refractivity contribution in [1.29, 1.82) is 0 Å². The molecule has 7 aromatic carbocycles. The molecule has 0 N–H and O–H groups in total. The van der Waals surface area contributed by atoms with Gasteiger partial charge in [-0.05, 0) is 47.9 Å². The van der Waals surface area contributed by atoms with E-state index in [4.69, 9.17) is 9.97 Å². The van der Waals surface area contributed by atoms with Crippen LogP contribution in [0.1, 0.15) is 0 Å². The average Bonchev–Trinajstić information content (AvgIpc) is 3.72. The minimum Gasteiger partial charge on any atom is -0.309 e. The molecule has 0 fully saturated rings. The summed E-state index contributed by atoms with van der Waals surface area (Å²) in [6.45, 7) is 0. The lowest BCUT2D eigenvalue weighted by molar-refractivity contribution is 1.17. The van der Waals surface area contributed by atoms with E-state index in [2.05, 4.69) is 156 Å². The number of benzene rings is 7. The summed E-state index contributed by atoms with van der Waals surface area (Å²) in [5.74, 6) is 0.710. The molecule has 0 saturated carbocycles. The molecule has 0 unspecified atom stereocenters. The Labute approximate surface area is 281 Å². The van der Waals surface area contributed by atoms with E-state index >= 15 is 0 Å². The minimum atomic E-state index is 0.710. The first-order valence-electron chi connectivity index (χ1n) is 16.2. The standard InChI is InChI=1S/C44H27N3S/c1-3-13-28(14-4-1)36-27-37(29-15-5-2-6-16-29)46-44(45-36)30-23-25-31(26-24-30)47-38-21-11-9-19-34(38)41-42(47)33-18-8-7-17-32(33)40-35-20-10-12-22-39(35)48-43(40)41/h1-27H. The highest BCUT2D eigenvalue weighted by Crippen LogP contribution is 2.47. The van der Waals surface area contributed by atoms with Crippen LogP contribution in [0, 0.1) is 0 Å². The molecule has 3 heterocycles. The zero-order valence-corrected chi connectivity index (χ0v) is 26.7. The number of hydrogen-bond donors (Lipinski definition) is 0. The highest BCUT2D eigenvalue weighted by Gasteiger charge is 2.21. The average molecular weight is 630 g/mol. The summed E-state index contributed by atoms with van der Waals surface area (Å²) in [6.07, 6.45) is 0. The van der Waals surface area contributed by atoms with Gasteiger partial charge in [-0.1, -0.05) is 121 Å². The fraction of sp³-hybridized carbons (Fsp3) is 0. The van der Waals surface area contributed by atoms with Gasteiger partial charge < -0.3 is 4.57 Å². The maximum Gasteiger partial charge on any atom is 0.160 e. The van der Waals surface area contributed by atoms with E-state index in [1.807, 2.05) is 23.5 Å². The van der Waals surface area contributed by atoms with Gasteiger partial charge in [0, 0.05) is 58.7 Å². The van der Waals surface area contributed by atoms with Crippen LogP contribution in [-0.4, -0.2) is 14.5 Å². The number of nitrogens with zero attached hydrogens (tertiary/aromatic N) is 3. The van der Waals surface area contributed by atoms with Gasteiger partial charge in [0.1, 0.15) is 0 Å². The number of thiophene rings is 1. The van der Waals surface area contributed by atoms with Crippen molar-refractivity contribution in [2.45, 2.75) is 0 Å². The van der Waals surface area contributed by atoms with Crippen molar-refractivity contribution in [3.63, 3.8) is 0 Å². The molecule has 0 atom stereocenters. The topological polar surface area (TPSA) is 30.7 Å². The van der Waals surface area contributed by atoms with Crippen LogP contribution < -0.4 is 0 Å². The van der Waals surface area contributed by atoms with Crippen LogP contribution in [0.15, 0.2) is 164 Å². The fourth-order valence-corrected chi connectivity index (χ4v) is 8.52. The molecule has 4 heteroatoms. The Morgan fingerprint density at radius 3 is 1.69 bits per heavy atom. The number of para-hydroxylation sites is 1. The molecule has 0 bridgehead atoms. The molecular formula is C44H27N3S. The van der Waals surface area contributed by atoms with E-state index in [9.17, 15) is 0 Å². The Bertz CT molecular complexity index is 2760. The number of aromatic nitrogens is 3. The zero-order chi connectivity index (χ0) is 31.6. The summed E-state index contributed by atoms with van der Waals surface area (Å²) in [7, 11) is 0. The summed E-state index contributed by atoms with van der Waals surface area (Å²) < 4.78 is 5.10. The first-order valence-corrected chi connectivity index (χ1v) is 17.0. The maximum absolute atomic E-state index is 5.07. The van der Waals surface area contributed by atoms with E-state index in [0.717, 1.165) is 33.8 Å². The lowest BCUT2D eigenvalue weighted by atomic mass is 10.00. The van der Waals surface area contributed by atoms with E-state index in [1.54, 1.807) is 0 Å². The van der Waals surface area contributed by atoms with Crippen molar-refractivity contribution < 1.29 is 0 Å². The van der Waals surface area contributed by atoms with Gasteiger partial charge in [0.05, 0.1) is 22.4 Å². The molecule has 10 rings (SSSR count). The molecule has 224 valence electrons. The van der Waals surface area contributed by atoms with Crippen molar-refractivity contribution in [2.24, 2.45) is 0 Å². The van der Waals surface area contributed by atoms with Crippen molar-refractivity contribution in [3.05, 3.63) is 164 Å². The lowest BCUT2D eigenvalue weighted by Gasteiger charge is -2.12. The second kappa shape index (κ2) is 10.7. The molecule has 0 amide bonds. The van der Waals surface area contributed by atoms with Crippen LogP contribution in [0.25, 0.3) is 92.3 Å². The van der Waals surface area contributed by atoms with Crippen molar-refractivity contribution in [3.8, 4) is 39.6 Å². The molecule has 0 spiro atoms. The highest BCUT2D eigenvalue weighted by atomic mass is 32.1. The lowest BCUT2D eigenvalue weighted by Crippen LogP contribution is -1.97. The molecule has 0 aliphatic carbocycles. The minimum absolute atomic E-state index is 0.710. The maximum atomic E-state index is 5.07. The quantitative estimate of drug-likeness (QED) is 0.194. The second-order valence-electron chi connectivity index (χ2n) is 12.2. The van der Waals surface area contributed by atoms with E-state index < -0.39 is 0 Å². The molecule has 0 aliphatic heterocycles. The summed E-state index contributed by atoms with van der Waals surface area (Å²) in [6, 6.07) is 58.0. The van der Waals surface area contributed by atoms with Crippen molar-refractivity contribution in [2.75, 3.05) is 0 Å². The Kier molecular flexibility index (Phi) is 6.05. The number of hydrogen-bond acceptors (Lipinski definition) is 3. The van der Waals surface area contributed by atoms with Crippen LogP contribution in [0.3, 0.4) is 0 Å². The molecule has 0 saturated heterocycles. The van der Waals surface area contributed by atoms with Gasteiger partial charge in [-0.15, -0.1) is 11.3 Å². The Balaban J connectivity index is 1.21. The third-order valence-corrected chi connectivity index (χ3v) is 10.6. The van der Waals surface area contributed by atoms with E-state index in [-0.39, 0.29) is 0 Å². The fourth-order valence-electron chi connectivity index (χ4n) is 7.24. The SMILES string of the molecule is c1ccc(-c2cc(-c3ccccc3)nc(-c3ccc(-n4c5ccccc5c5c6sc7ccccc7c6c6ccccc6c54)cc3)n2)cc1. The Hall–Kier alpha value is -6.10. The smallest absolute Gasteiger partial charge is 0.160 e. The van der Waals surface area contributed by atoms with Gasteiger partial charge >= 0.3 is 0 Å². The van der Waals surface area contributed by atoms with E-state index in [1.165, 1.54) is 52.8 Å². The van der Waals surface area contributed by atoms with Gasteiger partial charge in [0.15, 0.2) is 5.82 Å². The summed E-state index contributed by atoms with van der Waals surface area (Å²) in [5, 5.41) is 7.81. The van der Waals surface area contributed by atoms with Gasteiger partial charge in [0.25, 0.3) is 0 Å². The normalized spacial score (nSPS) is 11.8. The summed E-state index contributed by atoms with van der Waals surface area (Å²) in [4.78, 5) is 10.1. The van der Waals surface area contributed by atoms with E-state index in [0.29, 0.717) is 5.82 Å². The highest BCUT2D eigenvalue weighted by molar-refractivity contribution is 7.27. The first kappa shape index (κ1) is 27.1. The van der Waals surface area contributed by atoms with Crippen LogP contribution in [-0.2, 0) is 0 Å². The van der Waals surface area contributed by atoms with Gasteiger partial charge in [-0.3, -0.25) is 0 Å². The molecular weight excluding hydrogens is 603 g/mol. The van der Waals surface area contributed by atoms with Gasteiger partial charge in [0.2, 0.25) is 0 Å². The predicted octanol–water partition coefficient (Wildman–Crippen LogP) is 12.1. The van der Waals surface area contributed by atoms with Crippen LogP contribution >= 0.6 is 11.3 Å². The summed E-state index contributed by atoms with van der Waals surface area (Å²) >= 11 is 1.90. The number of fused-ring (bicyclic) bond motifs is 10. The summed E-state index contributed by atoms with van der Waals surface area (Å²) in [5.41, 5.74) is 8.48.